The third-order valence-electron chi connectivity index (χ3n) is 1.46. The van der Waals surface area contributed by atoms with Crippen LogP contribution in [0.15, 0.2) is 0 Å². The molecule has 0 spiro atoms. The normalized spacial score (nSPS) is 11.8. The SMILES string of the molecule is CN(C)c1nsc(C(C)(C)C)n1. The molecule has 1 rings (SSSR count). The molecule has 0 atom stereocenters. The minimum Gasteiger partial charge on any atom is -0.346 e. The third kappa shape index (κ3) is 1.94. The second-order valence-electron chi connectivity index (χ2n) is 4.04. The first-order chi connectivity index (χ1) is 5.41. The molecule has 12 heavy (non-hydrogen) atoms. The van der Waals surface area contributed by atoms with E-state index in [0.717, 1.165) is 11.0 Å². The number of anilines is 1. The molecule has 0 saturated heterocycles. The predicted molar refractivity (Wildman–Crippen MR) is 52.9 cm³/mol. The van der Waals surface area contributed by atoms with Gasteiger partial charge >= 0.3 is 0 Å². The molecule has 1 heterocycles. The lowest BCUT2D eigenvalue weighted by Gasteiger charge is -2.13. The van der Waals surface area contributed by atoms with Gasteiger partial charge < -0.3 is 4.90 Å². The van der Waals surface area contributed by atoms with Crippen LogP contribution in [0.5, 0.6) is 0 Å². The molecule has 1 aromatic heterocycles. The van der Waals surface area contributed by atoms with Crippen LogP contribution in [0.1, 0.15) is 25.8 Å². The van der Waals surface area contributed by atoms with Crippen LogP contribution in [0.25, 0.3) is 0 Å². The highest BCUT2D eigenvalue weighted by atomic mass is 32.1. The number of aromatic nitrogens is 2. The van der Waals surface area contributed by atoms with E-state index in [1.807, 2.05) is 19.0 Å². The summed E-state index contributed by atoms with van der Waals surface area (Å²) in [6, 6.07) is 0. The zero-order chi connectivity index (χ0) is 9.35. The molecule has 0 radical (unpaired) electrons. The first kappa shape index (κ1) is 9.45. The molecular weight excluding hydrogens is 170 g/mol. The highest BCUT2D eigenvalue weighted by Crippen LogP contribution is 2.25. The summed E-state index contributed by atoms with van der Waals surface area (Å²) in [6.45, 7) is 6.44. The van der Waals surface area contributed by atoms with Gasteiger partial charge in [0.15, 0.2) is 0 Å². The summed E-state index contributed by atoms with van der Waals surface area (Å²) in [4.78, 5) is 6.34. The van der Waals surface area contributed by atoms with Gasteiger partial charge in [0.2, 0.25) is 5.95 Å². The van der Waals surface area contributed by atoms with E-state index >= 15 is 0 Å². The van der Waals surface area contributed by atoms with Crippen molar-refractivity contribution >= 4 is 17.5 Å². The molecule has 0 aliphatic carbocycles. The molecule has 0 bridgehead atoms. The summed E-state index contributed by atoms with van der Waals surface area (Å²) in [5.74, 6) is 0.810. The molecule has 0 aromatic carbocycles. The van der Waals surface area contributed by atoms with Gasteiger partial charge in [-0.3, -0.25) is 0 Å². The number of rotatable bonds is 1. The number of nitrogens with zero attached hydrogens (tertiary/aromatic N) is 3. The van der Waals surface area contributed by atoms with Crippen molar-refractivity contribution in [2.75, 3.05) is 19.0 Å². The molecule has 0 aliphatic rings. The lowest BCUT2D eigenvalue weighted by molar-refractivity contribution is 0.585. The van der Waals surface area contributed by atoms with Gasteiger partial charge in [-0.1, -0.05) is 20.8 Å². The molecule has 0 unspecified atom stereocenters. The Labute approximate surface area is 77.6 Å². The minimum absolute atomic E-state index is 0.117. The summed E-state index contributed by atoms with van der Waals surface area (Å²) in [7, 11) is 3.91. The maximum absolute atomic E-state index is 4.41. The minimum atomic E-state index is 0.117. The van der Waals surface area contributed by atoms with Crippen molar-refractivity contribution < 1.29 is 0 Å². The smallest absolute Gasteiger partial charge is 0.236 e. The molecule has 0 aliphatic heterocycles. The lowest BCUT2D eigenvalue weighted by atomic mass is 9.98. The van der Waals surface area contributed by atoms with Gasteiger partial charge in [-0.25, -0.2) is 4.98 Å². The summed E-state index contributed by atoms with van der Waals surface area (Å²) in [5.41, 5.74) is 0.117. The van der Waals surface area contributed by atoms with Crippen molar-refractivity contribution in [2.45, 2.75) is 26.2 Å². The topological polar surface area (TPSA) is 29.0 Å². The van der Waals surface area contributed by atoms with Gasteiger partial charge in [-0.15, -0.1) is 0 Å². The zero-order valence-electron chi connectivity index (χ0n) is 8.25. The van der Waals surface area contributed by atoms with E-state index in [2.05, 4.69) is 30.1 Å². The fourth-order valence-corrected chi connectivity index (χ4v) is 1.47. The van der Waals surface area contributed by atoms with Crippen molar-refractivity contribution in [3.05, 3.63) is 5.01 Å². The Kier molecular flexibility index (Phi) is 2.37. The standard InChI is InChI=1S/C8H15N3S/c1-8(2,3)6-9-7(10-12-6)11(4)5/h1-5H3. The van der Waals surface area contributed by atoms with Crippen LogP contribution in [0.3, 0.4) is 0 Å². The van der Waals surface area contributed by atoms with E-state index in [4.69, 9.17) is 0 Å². The van der Waals surface area contributed by atoms with Crippen LogP contribution in [0, 0.1) is 0 Å². The Balaban J connectivity index is 2.92. The van der Waals surface area contributed by atoms with Crippen LogP contribution in [-0.2, 0) is 5.41 Å². The molecule has 68 valence electrons. The molecule has 4 heteroatoms. The Bertz CT molecular complexity index is 260. The van der Waals surface area contributed by atoms with E-state index in [-0.39, 0.29) is 5.41 Å². The van der Waals surface area contributed by atoms with Gasteiger partial charge in [0, 0.05) is 19.5 Å². The first-order valence-electron chi connectivity index (χ1n) is 3.93. The molecular formula is C8H15N3S. The molecule has 0 N–H and O–H groups in total. The number of hydrogen-bond acceptors (Lipinski definition) is 4. The summed E-state index contributed by atoms with van der Waals surface area (Å²) >= 11 is 1.48. The Morgan fingerprint density at radius 1 is 1.25 bits per heavy atom. The fraction of sp³-hybridized carbons (Fsp3) is 0.750. The van der Waals surface area contributed by atoms with E-state index in [9.17, 15) is 0 Å². The van der Waals surface area contributed by atoms with Crippen LogP contribution in [0.2, 0.25) is 0 Å². The van der Waals surface area contributed by atoms with E-state index < -0.39 is 0 Å². The van der Waals surface area contributed by atoms with E-state index in [1.165, 1.54) is 11.5 Å². The van der Waals surface area contributed by atoms with Gasteiger partial charge in [0.1, 0.15) is 5.01 Å². The second kappa shape index (κ2) is 3.01. The predicted octanol–water partition coefficient (Wildman–Crippen LogP) is 1.90. The van der Waals surface area contributed by atoms with Crippen LogP contribution < -0.4 is 4.90 Å². The third-order valence-corrected chi connectivity index (χ3v) is 2.59. The molecule has 0 fully saturated rings. The van der Waals surface area contributed by atoms with Crippen LogP contribution in [-0.4, -0.2) is 23.5 Å². The van der Waals surface area contributed by atoms with E-state index in [1.54, 1.807) is 0 Å². The number of hydrogen-bond donors (Lipinski definition) is 0. The zero-order valence-corrected chi connectivity index (χ0v) is 9.07. The second-order valence-corrected chi connectivity index (χ2v) is 4.80. The highest BCUT2D eigenvalue weighted by Gasteiger charge is 2.19. The summed E-state index contributed by atoms with van der Waals surface area (Å²) in [6.07, 6.45) is 0. The lowest BCUT2D eigenvalue weighted by Crippen LogP contribution is -2.13. The quantitative estimate of drug-likeness (QED) is 0.669. The van der Waals surface area contributed by atoms with Gasteiger partial charge in [0.05, 0.1) is 0 Å². The molecule has 1 aromatic rings. The summed E-state index contributed by atoms with van der Waals surface area (Å²) in [5, 5.41) is 1.09. The average molecular weight is 185 g/mol. The van der Waals surface area contributed by atoms with Crippen molar-refractivity contribution in [1.82, 2.24) is 9.36 Å². The van der Waals surface area contributed by atoms with Gasteiger partial charge in [-0.2, -0.15) is 4.37 Å². The van der Waals surface area contributed by atoms with Crippen molar-refractivity contribution in [3.8, 4) is 0 Å². The Morgan fingerprint density at radius 2 is 1.83 bits per heavy atom. The average Bonchev–Trinajstić information content (AvgIpc) is 2.30. The largest absolute Gasteiger partial charge is 0.346 e. The van der Waals surface area contributed by atoms with Crippen molar-refractivity contribution in [3.63, 3.8) is 0 Å². The van der Waals surface area contributed by atoms with Crippen molar-refractivity contribution in [2.24, 2.45) is 0 Å². The van der Waals surface area contributed by atoms with Crippen molar-refractivity contribution in [1.29, 1.82) is 0 Å². The first-order valence-corrected chi connectivity index (χ1v) is 4.70. The molecule has 3 nitrogen and oxygen atoms in total. The maximum atomic E-state index is 4.41. The highest BCUT2D eigenvalue weighted by molar-refractivity contribution is 7.05. The summed E-state index contributed by atoms with van der Waals surface area (Å²) < 4.78 is 4.24. The van der Waals surface area contributed by atoms with Gasteiger partial charge in [-0.05, 0) is 11.5 Å². The van der Waals surface area contributed by atoms with Crippen LogP contribution >= 0.6 is 11.5 Å². The van der Waals surface area contributed by atoms with E-state index in [0.29, 0.717) is 0 Å². The van der Waals surface area contributed by atoms with Crippen LogP contribution in [0.4, 0.5) is 5.95 Å². The fourth-order valence-electron chi connectivity index (χ4n) is 0.702. The Hall–Kier alpha value is -0.640. The molecule has 0 amide bonds. The molecule has 0 saturated carbocycles. The Morgan fingerprint density at radius 3 is 2.08 bits per heavy atom. The van der Waals surface area contributed by atoms with Gasteiger partial charge in [0.25, 0.3) is 0 Å². The maximum Gasteiger partial charge on any atom is 0.236 e. The monoisotopic (exact) mass is 185 g/mol.